The van der Waals surface area contributed by atoms with Crippen molar-refractivity contribution < 1.29 is 0 Å². The molecular weight excluding hydrogens is 410 g/mol. The topological polar surface area (TPSA) is 96.0 Å². The summed E-state index contributed by atoms with van der Waals surface area (Å²) in [6.45, 7) is 3.86. The normalized spacial score (nSPS) is 23.8. The average molecular weight is 438 g/mol. The number of piperazine rings is 1. The number of allylic oxidation sites excluding steroid dienone is 1. The van der Waals surface area contributed by atoms with Crippen LogP contribution in [0.4, 0.5) is 11.5 Å². The Morgan fingerprint density at radius 1 is 1.10 bits per heavy atom. The van der Waals surface area contributed by atoms with Crippen molar-refractivity contribution in [2.45, 2.75) is 18.0 Å². The minimum absolute atomic E-state index is 0.402. The molecule has 1 aromatic heterocycles. The predicted molar refractivity (Wildman–Crippen MR) is 127 cm³/mol. The first kappa shape index (κ1) is 20.0. The number of aliphatic imine (C=N–C) groups is 2. The van der Waals surface area contributed by atoms with Gasteiger partial charge in [0.1, 0.15) is 0 Å². The van der Waals surface area contributed by atoms with Crippen LogP contribution in [-0.4, -0.2) is 71.4 Å². The molecule has 0 saturated carbocycles. The molecule has 1 fully saturated rings. The van der Waals surface area contributed by atoms with Gasteiger partial charge >= 0.3 is 0 Å². The van der Waals surface area contributed by atoms with Gasteiger partial charge in [-0.2, -0.15) is 5.10 Å². The highest BCUT2D eigenvalue weighted by Gasteiger charge is 2.24. The highest BCUT2D eigenvalue weighted by molar-refractivity contribution is 8.02. The lowest BCUT2D eigenvalue weighted by molar-refractivity contribution is 0.212. The van der Waals surface area contributed by atoms with Crippen LogP contribution in [0, 0.1) is 0 Å². The van der Waals surface area contributed by atoms with E-state index in [2.05, 4.69) is 60.5 Å². The molecular formula is C21H27N9S. The van der Waals surface area contributed by atoms with Crippen LogP contribution in [0.2, 0.25) is 0 Å². The lowest BCUT2D eigenvalue weighted by atomic mass is 10.2. The van der Waals surface area contributed by atoms with E-state index < -0.39 is 6.29 Å². The molecule has 0 radical (unpaired) electrons. The SMILES string of the molecule is CN1CCN(C2=NC(Nc3ccccc3)N=C(Nc3cc(C4CC=CS4)[nH]n3)N2)CC1. The van der Waals surface area contributed by atoms with Crippen molar-refractivity contribution in [3.8, 4) is 0 Å². The van der Waals surface area contributed by atoms with E-state index >= 15 is 0 Å². The predicted octanol–water partition coefficient (Wildman–Crippen LogP) is 2.47. The molecule has 9 nitrogen and oxygen atoms in total. The number of aromatic amines is 1. The number of para-hydroxylation sites is 1. The number of hydrogen-bond donors (Lipinski definition) is 4. The molecule has 4 N–H and O–H groups in total. The Morgan fingerprint density at radius 3 is 2.71 bits per heavy atom. The minimum atomic E-state index is -0.422. The summed E-state index contributed by atoms with van der Waals surface area (Å²) < 4.78 is 0. The van der Waals surface area contributed by atoms with Gasteiger partial charge in [-0.25, -0.2) is 9.98 Å². The number of rotatable bonds is 4. The van der Waals surface area contributed by atoms with Crippen molar-refractivity contribution in [1.29, 1.82) is 0 Å². The fourth-order valence-electron chi connectivity index (χ4n) is 3.70. The number of likely N-dealkylation sites (N-methyl/N-ethyl adjacent to an activating group) is 1. The van der Waals surface area contributed by atoms with Gasteiger partial charge in [-0.15, -0.1) is 11.8 Å². The average Bonchev–Trinajstić information content (AvgIpc) is 3.47. The second-order valence-electron chi connectivity index (χ2n) is 7.80. The summed E-state index contributed by atoms with van der Waals surface area (Å²) >= 11 is 1.81. The van der Waals surface area contributed by atoms with Crippen LogP contribution in [0.3, 0.4) is 0 Å². The number of hydrogen-bond acceptors (Lipinski definition) is 9. The molecule has 2 aromatic rings. The molecule has 0 spiro atoms. The summed E-state index contributed by atoms with van der Waals surface area (Å²) in [5.74, 6) is 2.20. The number of nitrogens with one attached hydrogen (secondary N) is 4. The maximum atomic E-state index is 4.82. The quantitative estimate of drug-likeness (QED) is 0.584. The Hall–Kier alpha value is -2.98. The maximum absolute atomic E-state index is 4.82. The molecule has 31 heavy (non-hydrogen) atoms. The number of H-pyrrole nitrogens is 1. The van der Waals surface area contributed by atoms with E-state index in [1.807, 2.05) is 42.1 Å². The zero-order chi connectivity index (χ0) is 21.0. The van der Waals surface area contributed by atoms with Crippen molar-refractivity contribution in [1.82, 2.24) is 25.3 Å². The number of aromatic nitrogens is 2. The van der Waals surface area contributed by atoms with Gasteiger partial charge in [-0.1, -0.05) is 24.3 Å². The fraction of sp³-hybridized carbons (Fsp3) is 0.381. The monoisotopic (exact) mass is 437 g/mol. The molecule has 0 amide bonds. The summed E-state index contributed by atoms with van der Waals surface area (Å²) in [5.41, 5.74) is 2.09. The molecule has 4 heterocycles. The minimum Gasteiger partial charge on any atom is -0.345 e. The molecule has 1 aromatic carbocycles. The molecule has 2 unspecified atom stereocenters. The van der Waals surface area contributed by atoms with Crippen LogP contribution in [0.1, 0.15) is 17.4 Å². The standard InChI is InChI=1S/C21H27N9S/c1-29-9-11-30(12-10-29)21-25-19(22-15-6-3-2-4-7-15)24-20(26-21)23-18-14-16(27-28-18)17-8-5-13-31-17/h2-7,13-14,17,19,22H,8-12H2,1H3,(H3,23,24,25,26,27,28). The Labute approximate surface area is 186 Å². The number of nitrogens with zero attached hydrogens (tertiary/aromatic N) is 5. The smallest absolute Gasteiger partial charge is 0.221 e. The van der Waals surface area contributed by atoms with Gasteiger partial charge in [0.15, 0.2) is 5.82 Å². The Morgan fingerprint density at radius 2 is 1.94 bits per heavy atom. The number of benzene rings is 1. The third-order valence-corrected chi connectivity index (χ3v) is 6.60. The molecule has 162 valence electrons. The van der Waals surface area contributed by atoms with E-state index in [1.54, 1.807) is 0 Å². The van der Waals surface area contributed by atoms with Gasteiger partial charge in [0.25, 0.3) is 0 Å². The van der Waals surface area contributed by atoms with Crippen molar-refractivity contribution in [2.24, 2.45) is 9.98 Å². The van der Waals surface area contributed by atoms with Crippen LogP contribution >= 0.6 is 11.8 Å². The first-order valence-corrected chi connectivity index (χ1v) is 11.5. The highest BCUT2D eigenvalue weighted by atomic mass is 32.2. The molecule has 5 rings (SSSR count). The summed E-state index contributed by atoms with van der Waals surface area (Å²) in [7, 11) is 2.15. The fourth-order valence-corrected chi connectivity index (χ4v) is 4.60. The van der Waals surface area contributed by atoms with Gasteiger partial charge in [-0.3, -0.25) is 10.4 Å². The number of thioether (sulfide) groups is 1. The second-order valence-corrected chi connectivity index (χ2v) is 8.91. The van der Waals surface area contributed by atoms with Crippen molar-refractivity contribution in [3.05, 3.63) is 53.6 Å². The van der Waals surface area contributed by atoms with Gasteiger partial charge in [-0.05, 0) is 31.0 Å². The largest absolute Gasteiger partial charge is 0.345 e. The lowest BCUT2D eigenvalue weighted by Crippen LogP contribution is -2.55. The summed E-state index contributed by atoms with van der Waals surface area (Å²) in [5, 5.41) is 20.2. The van der Waals surface area contributed by atoms with Gasteiger partial charge in [0.2, 0.25) is 18.2 Å². The molecule has 3 aliphatic rings. The van der Waals surface area contributed by atoms with Crippen LogP contribution < -0.4 is 16.0 Å². The Balaban J connectivity index is 1.32. The summed E-state index contributed by atoms with van der Waals surface area (Å²) in [6, 6.07) is 12.1. The van der Waals surface area contributed by atoms with Crippen LogP contribution in [0.15, 0.2) is 57.9 Å². The summed E-state index contributed by atoms with van der Waals surface area (Å²) in [6.07, 6.45) is 2.79. The third-order valence-electron chi connectivity index (χ3n) is 5.48. The van der Waals surface area contributed by atoms with Crippen molar-refractivity contribution in [2.75, 3.05) is 43.9 Å². The van der Waals surface area contributed by atoms with E-state index in [4.69, 9.17) is 9.98 Å². The van der Waals surface area contributed by atoms with Crippen molar-refractivity contribution in [3.63, 3.8) is 0 Å². The molecule has 1 saturated heterocycles. The van der Waals surface area contributed by atoms with Crippen LogP contribution in [-0.2, 0) is 0 Å². The van der Waals surface area contributed by atoms with Crippen LogP contribution in [0.5, 0.6) is 0 Å². The van der Waals surface area contributed by atoms with Gasteiger partial charge in [0, 0.05) is 37.9 Å². The first-order valence-electron chi connectivity index (χ1n) is 10.5. The van der Waals surface area contributed by atoms with Gasteiger partial charge in [0.05, 0.1) is 10.9 Å². The number of guanidine groups is 2. The Kier molecular flexibility index (Phi) is 5.81. The molecule has 2 atom stereocenters. The number of anilines is 2. The second kappa shape index (κ2) is 9.03. The van der Waals surface area contributed by atoms with Gasteiger partial charge < -0.3 is 20.4 Å². The first-order chi connectivity index (χ1) is 15.2. The Bertz CT molecular complexity index is 968. The zero-order valence-electron chi connectivity index (χ0n) is 17.5. The molecule has 3 aliphatic heterocycles. The van der Waals surface area contributed by atoms with E-state index in [-0.39, 0.29) is 0 Å². The van der Waals surface area contributed by atoms with Crippen LogP contribution in [0.25, 0.3) is 0 Å². The lowest BCUT2D eigenvalue weighted by Gasteiger charge is -2.36. The maximum Gasteiger partial charge on any atom is 0.221 e. The third kappa shape index (κ3) is 4.86. The van der Waals surface area contributed by atoms with E-state index in [0.717, 1.165) is 55.8 Å². The summed E-state index contributed by atoms with van der Waals surface area (Å²) in [4.78, 5) is 14.1. The zero-order valence-corrected chi connectivity index (χ0v) is 18.3. The highest BCUT2D eigenvalue weighted by Crippen LogP contribution is 2.37. The molecule has 0 aliphatic carbocycles. The molecule has 0 bridgehead atoms. The van der Waals surface area contributed by atoms with Crippen molar-refractivity contribution >= 4 is 35.2 Å². The molecule has 10 heteroatoms. The van der Waals surface area contributed by atoms with E-state index in [1.165, 1.54) is 0 Å². The van der Waals surface area contributed by atoms with E-state index in [9.17, 15) is 0 Å². The van der Waals surface area contributed by atoms with E-state index in [0.29, 0.717) is 11.2 Å².